The zero-order valence-electron chi connectivity index (χ0n) is 25.7. The summed E-state index contributed by atoms with van der Waals surface area (Å²) in [5.41, 5.74) is 12.3. The average molecular weight is 553 g/mol. The molecule has 0 amide bonds. The van der Waals surface area contributed by atoms with E-state index in [1.54, 1.807) is 0 Å². The summed E-state index contributed by atoms with van der Waals surface area (Å²) in [6, 6.07) is 31.2. The number of hydrogen-bond donors (Lipinski definition) is 0. The molecule has 0 saturated heterocycles. The summed E-state index contributed by atoms with van der Waals surface area (Å²) in [6.07, 6.45) is 3.79. The Morgan fingerprint density at radius 1 is 0.429 bits per heavy atom. The van der Waals surface area contributed by atoms with E-state index in [1.807, 2.05) is 0 Å². The Morgan fingerprint density at radius 3 is 1.19 bits per heavy atom. The molecule has 0 saturated carbocycles. The molecule has 4 heterocycles. The SMILES string of the molecule is Cc1cc(CCc2ccc3cc(CCc4cc(C)cc(-n5c(C)ccc5C)n4)ccc3c2)nc(-n2c(C)ccc2C)c1. The van der Waals surface area contributed by atoms with Gasteiger partial charge in [0.05, 0.1) is 0 Å². The summed E-state index contributed by atoms with van der Waals surface area (Å²) >= 11 is 0. The second-order valence-electron chi connectivity index (χ2n) is 11.9. The molecule has 4 aromatic heterocycles. The van der Waals surface area contributed by atoms with Gasteiger partial charge in [0.1, 0.15) is 11.6 Å². The second-order valence-corrected chi connectivity index (χ2v) is 11.9. The van der Waals surface area contributed by atoms with Gasteiger partial charge in [-0.05, 0) is 149 Å². The van der Waals surface area contributed by atoms with Gasteiger partial charge in [0.2, 0.25) is 0 Å². The van der Waals surface area contributed by atoms with Crippen molar-refractivity contribution in [3.05, 3.63) is 141 Å². The lowest BCUT2D eigenvalue weighted by Gasteiger charge is -2.12. The molecule has 0 radical (unpaired) electrons. The van der Waals surface area contributed by atoms with Gasteiger partial charge in [-0.3, -0.25) is 0 Å². The van der Waals surface area contributed by atoms with Gasteiger partial charge in [-0.15, -0.1) is 0 Å². The lowest BCUT2D eigenvalue weighted by molar-refractivity contribution is 0.861. The van der Waals surface area contributed by atoms with E-state index in [-0.39, 0.29) is 0 Å². The number of benzene rings is 2. The summed E-state index contributed by atoms with van der Waals surface area (Å²) in [6.45, 7) is 12.9. The van der Waals surface area contributed by atoms with Crippen LogP contribution in [0.5, 0.6) is 0 Å². The first-order chi connectivity index (χ1) is 20.2. The van der Waals surface area contributed by atoms with Crippen molar-refractivity contribution in [2.75, 3.05) is 0 Å². The molecular weight excluding hydrogens is 512 g/mol. The molecule has 0 aliphatic carbocycles. The van der Waals surface area contributed by atoms with Crippen LogP contribution < -0.4 is 0 Å². The van der Waals surface area contributed by atoms with E-state index in [1.165, 1.54) is 55.8 Å². The Labute approximate surface area is 249 Å². The van der Waals surface area contributed by atoms with Crippen LogP contribution in [0, 0.1) is 41.5 Å². The molecular formula is C38H40N4. The van der Waals surface area contributed by atoms with Gasteiger partial charge < -0.3 is 9.13 Å². The third-order valence-corrected chi connectivity index (χ3v) is 8.33. The number of hydrogen-bond acceptors (Lipinski definition) is 2. The fourth-order valence-corrected chi connectivity index (χ4v) is 6.18. The van der Waals surface area contributed by atoms with Gasteiger partial charge in [-0.25, -0.2) is 9.97 Å². The number of nitrogens with zero attached hydrogens (tertiary/aromatic N) is 4. The van der Waals surface area contributed by atoms with Crippen molar-refractivity contribution < 1.29 is 0 Å². The predicted octanol–water partition coefficient (Wildman–Crippen LogP) is 8.63. The first-order valence-corrected chi connectivity index (χ1v) is 15.0. The Kier molecular flexibility index (Phi) is 7.55. The van der Waals surface area contributed by atoms with Crippen LogP contribution in [0.2, 0.25) is 0 Å². The molecule has 4 nitrogen and oxygen atoms in total. The van der Waals surface area contributed by atoms with Crippen molar-refractivity contribution in [1.82, 2.24) is 19.1 Å². The highest BCUT2D eigenvalue weighted by molar-refractivity contribution is 5.83. The topological polar surface area (TPSA) is 35.6 Å². The Morgan fingerprint density at radius 2 is 0.810 bits per heavy atom. The van der Waals surface area contributed by atoms with Gasteiger partial charge in [-0.2, -0.15) is 0 Å². The molecule has 0 bridgehead atoms. The van der Waals surface area contributed by atoms with Crippen molar-refractivity contribution in [2.45, 2.75) is 67.2 Å². The quantitative estimate of drug-likeness (QED) is 0.189. The maximum atomic E-state index is 5.02. The van der Waals surface area contributed by atoms with E-state index in [0.717, 1.165) is 48.7 Å². The molecule has 0 aliphatic heterocycles. The standard InChI is InChI=1S/C38H40N4/c1-25-19-35(39-37(21-25)41-27(3)7-8-28(41)4)17-13-31-11-15-34-24-32(12-16-33(34)23-31)14-18-36-20-26(2)22-38(40-36)42-29(5)9-10-30(42)6/h7-12,15-16,19-24H,13-14,17-18H2,1-6H3. The molecule has 0 atom stereocenters. The smallest absolute Gasteiger partial charge is 0.137 e. The predicted molar refractivity (Wildman–Crippen MR) is 174 cm³/mol. The number of pyridine rings is 2. The minimum absolute atomic E-state index is 0.922. The van der Waals surface area contributed by atoms with E-state index >= 15 is 0 Å². The zero-order valence-corrected chi connectivity index (χ0v) is 25.7. The Hall–Kier alpha value is -4.44. The van der Waals surface area contributed by atoms with Crippen molar-refractivity contribution in [1.29, 1.82) is 0 Å². The van der Waals surface area contributed by atoms with Crippen molar-refractivity contribution in [3.8, 4) is 11.6 Å². The first-order valence-electron chi connectivity index (χ1n) is 15.0. The van der Waals surface area contributed by atoms with Crippen LogP contribution in [-0.2, 0) is 25.7 Å². The van der Waals surface area contributed by atoms with E-state index in [4.69, 9.17) is 9.97 Å². The fraction of sp³-hybridized carbons (Fsp3) is 0.263. The monoisotopic (exact) mass is 552 g/mol. The number of aryl methyl sites for hydroxylation is 10. The molecule has 212 valence electrons. The molecule has 0 spiro atoms. The lowest BCUT2D eigenvalue weighted by Crippen LogP contribution is -2.05. The summed E-state index contributed by atoms with van der Waals surface area (Å²) in [4.78, 5) is 10.0. The van der Waals surface area contributed by atoms with Crippen LogP contribution in [0.4, 0.5) is 0 Å². The third-order valence-electron chi connectivity index (χ3n) is 8.33. The van der Waals surface area contributed by atoms with Gasteiger partial charge >= 0.3 is 0 Å². The maximum Gasteiger partial charge on any atom is 0.137 e. The average Bonchev–Trinajstić information content (AvgIpc) is 3.48. The minimum atomic E-state index is 0.922. The summed E-state index contributed by atoms with van der Waals surface area (Å²) < 4.78 is 4.48. The minimum Gasteiger partial charge on any atom is -0.303 e. The van der Waals surface area contributed by atoms with Crippen LogP contribution in [0.3, 0.4) is 0 Å². The number of aromatic nitrogens is 4. The molecule has 2 aromatic carbocycles. The van der Waals surface area contributed by atoms with Gasteiger partial charge in [0.25, 0.3) is 0 Å². The van der Waals surface area contributed by atoms with E-state index in [9.17, 15) is 0 Å². The van der Waals surface area contributed by atoms with Crippen LogP contribution in [-0.4, -0.2) is 19.1 Å². The molecule has 4 heteroatoms. The summed E-state index contributed by atoms with van der Waals surface area (Å²) in [7, 11) is 0. The number of fused-ring (bicyclic) bond motifs is 1. The zero-order chi connectivity index (χ0) is 29.4. The van der Waals surface area contributed by atoms with Gasteiger partial charge in [0, 0.05) is 34.2 Å². The van der Waals surface area contributed by atoms with E-state index < -0.39 is 0 Å². The normalized spacial score (nSPS) is 11.5. The largest absolute Gasteiger partial charge is 0.303 e. The highest BCUT2D eigenvalue weighted by atomic mass is 15.1. The molecule has 0 unspecified atom stereocenters. The molecule has 6 aromatic rings. The van der Waals surface area contributed by atoms with E-state index in [2.05, 4.69) is 136 Å². The van der Waals surface area contributed by atoms with E-state index in [0.29, 0.717) is 0 Å². The summed E-state index contributed by atoms with van der Waals surface area (Å²) in [5, 5.41) is 2.59. The van der Waals surface area contributed by atoms with Crippen LogP contribution in [0.1, 0.15) is 56.4 Å². The van der Waals surface area contributed by atoms with Crippen molar-refractivity contribution >= 4 is 10.8 Å². The van der Waals surface area contributed by atoms with Gasteiger partial charge in [0.15, 0.2) is 0 Å². The number of rotatable bonds is 8. The lowest BCUT2D eigenvalue weighted by atomic mass is 9.99. The molecule has 6 rings (SSSR count). The Balaban J connectivity index is 1.14. The third kappa shape index (κ3) is 5.80. The molecule has 0 aliphatic rings. The fourth-order valence-electron chi connectivity index (χ4n) is 6.18. The molecule has 0 fully saturated rings. The highest BCUT2D eigenvalue weighted by Crippen LogP contribution is 2.22. The first kappa shape index (κ1) is 27.7. The molecule has 0 N–H and O–H groups in total. The van der Waals surface area contributed by atoms with Crippen molar-refractivity contribution in [3.63, 3.8) is 0 Å². The van der Waals surface area contributed by atoms with Crippen LogP contribution in [0.25, 0.3) is 22.4 Å². The van der Waals surface area contributed by atoms with Crippen molar-refractivity contribution in [2.24, 2.45) is 0 Å². The highest BCUT2D eigenvalue weighted by Gasteiger charge is 2.10. The Bertz CT molecular complexity index is 1720. The summed E-state index contributed by atoms with van der Waals surface area (Å²) in [5.74, 6) is 2.03. The molecule has 42 heavy (non-hydrogen) atoms. The van der Waals surface area contributed by atoms with Gasteiger partial charge in [-0.1, -0.05) is 36.4 Å². The second kappa shape index (κ2) is 11.4. The van der Waals surface area contributed by atoms with Crippen LogP contribution >= 0.6 is 0 Å². The maximum absolute atomic E-state index is 5.02. The van der Waals surface area contributed by atoms with Crippen LogP contribution in [0.15, 0.2) is 84.9 Å².